The highest BCUT2D eigenvalue weighted by Crippen LogP contribution is 2.35. The van der Waals surface area contributed by atoms with Crippen LogP contribution < -0.4 is 10.6 Å². The summed E-state index contributed by atoms with van der Waals surface area (Å²) in [6.45, 7) is 6.66. The minimum Gasteiger partial charge on any atom is -0.444 e. The van der Waals surface area contributed by atoms with Crippen LogP contribution in [0, 0.1) is 5.92 Å². The van der Waals surface area contributed by atoms with Gasteiger partial charge in [0.15, 0.2) is 0 Å². The quantitative estimate of drug-likeness (QED) is 0.596. The van der Waals surface area contributed by atoms with Crippen LogP contribution in [0.5, 0.6) is 0 Å². The second-order valence-corrected chi connectivity index (χ2v) is 8.76. The van der Waals surface area contributed by atoms with Crippen molar-refractivity contribution in [3.63, 3.8) is 0 Å². The zero-order chi connectivity index (χ0) is 19.9. The van der Waals surface area contributed by atoms with Gasteiger partial charge in [-0.2, -0.15) is 0 Å². The minimum atomic E-state index is -0.531. The first-order valence-corrected chi connectivity index (χ1v) is 10.3. The largest absolute Gasteiger partial charge is 0.444 e. The maximum absolute atomic E-state index is 12.4. The van der Waals surface area contributed by atoms with Gasteiger partial charge in [-0.15, -0.1) is 0 Å². The van der Waals surface area contributed by atoms with Crippen LogP contribution in [-0.4, -0.2) is 36.0 Å². The van der Waals surface area contributed by atoms with Crippen molar-refractivity contribution >= 4 is 17.7 Å². The Morgan fingerprint density at radius 2 is 2.00 bits per heavy atom. The number of carbonyl (C=O) groups excluding carboxylic acids is 1. The van der Waals surface area contributed by atoms with Crippen molar-refractivity contribution in [2.75, 3.05) is 13.2 Å². The average molecular weight is 397 g/mol. The summed E-state index contributed by atoms with van der Waals surface area (Å²) in [5.41, 5.74) is 0.488. The summed E-state index contributed by atoms with van der Waals surface area (Å²) in [4.78, 5) is 12.4. The topological polar surface area (TPSA) is 70.6 Å². The molecule has 0 aromatic heterocycles. The molecule has 5 nitrogen and oxygen atoms in total. The van der Waals surface area contributed by atoms with E-state index in [4.69, 9.17) is 21.4 Å². The molecule has 2 rings (SSSR count). The number of amides is 1. The fourth-order valence-corrected chi connectivity index (χ4v) is 3.85. The lowest BCUT2D eigenvalue weighted by atomic mass is 9.79. The molecule has 1 fully saturated rings. The lowest BCUT2D eigenvalue weighted by Gasteiger charge is -2.35. The molecule has 6 heteroatoms. The van der Waals surface area contributed by atoms with Gasteiger partial charge in [-0.25, -0.2) is 4.79 Å². The third kappa shape index (κ3) is 7.68. The van der Waals surface area contributed by atoms with E-state index in [9.17, 15) is 4.79 Å². The number of halogens is 1. The number of alkyl carbamates (subject to hydrolysis) is 1. The molecule has 0 bridgehead atoms. The highest BCUT2D eigenvalue weighted by molar-refractivity contribution is 6.30. The molecule has 1 atom stereocenters. The number of aliphatic hydroxyl groups is 1. The lowest BCUT2D eigenvalue weighted by Crippen LogP contribution is -2.41. The molecule has 3 N–H and O–H groups in total. The van der Waals surface area contributed by atoms with Crippen molar-refractivity contribution in [3.05, 3.63) is 34.9 Å². The van der Waals surface area contributed by atoms with Gasteiger partial charge in [0.05, 0.1) is 6.04 Å². The van der Waals surface area contributed by atoms with Crippen molar-refractivity contribution in [3.8, 4) is 0 Å². The Kier molecular flexibility index (Phi) is 8.39. The molecule has 1 saturated carbocycles. The summed E-state index contributed by atoms with van der Waals surface area (Å²) in [7, 11) is 0. The zero-order valence-electron chi connectivity index (χ0n) is 16.6. The molecular formula is C21H33ClN2O3. The van der Waals surface area contributed by atoms with Crippen LogP contribution in [0.4, 0.5) is 4.79 Å². The van der Waals surface area contributed by atoms with Crippen LogP contribution in [0.25, 0.3) is 0 Å². The summed E-state index contributed by atoms with van der Waals surface area (Å²) >= 11 is 6.19. The second kappa shape index (κ2) is 10.3. The molecule has 0 heterocycles. The van der Waals surface area contributed by atoms with Gasteiger partial charge in [0.2, 0.25) is 0 Å². The molecule has 1 aromatic rings. The molecule has 1 amide bonds. The third-order valence-corrected chi connectivity index (χ3v) is 5.13. The molecular weight excluding hydrogens is 364 g/mol. The Bertz CT molecular complexity index is 595. The van der Waals surface area contributed by atoms with E-state index in [0.29, 0.717) is 17.0 Å². The SMILES string of the molecule is CC(C)(C)OC(=O)NC(c1cccc(Cl)c1)C1CCC(NCCCO)CC1. The molecule has 0 aliphatic heterocycles. The molecule has 0 spiro atoms. The number of benzene rings is 1. The summed E-state index contributed by atoms with van der Waals surface area (Å²) in [6, 6.07) is 8.07. The van der Waals surface area contributed by atoms with Crippen molar-refractivity contribution in [2.45, 2.75) is 70.6 Å². The van der Waals surface area contributed by atoms with E-state index in [1.165, 1.54) is 0 Å². The number of carbonyl (C=O) groups is 1. The van der Waals surface area contributed by atoms with Crippen LogP contribution in [0.15, 0.2) is 24.3 Å². The third-order valence-electron chi connectivity index (χ3n) is 4.89. The maximum atomic E-state index is 12.4. The Hall–Kier alpha value is -1.30. The fourth-order valence-electron chi connectivity index (χ4n) is 3.65. The van der Waals surface area contributed by atoms with E-state index >= 15 is 0 Å². The molecule has 0 radical (unpaired) electrons. The van der Waals surface area contributed by atoms with Gasteiger partial charge in [-0.1, -0.05) is 23.7 Å². The number of hydrogen-bond donors (Lipinski definition) is 3. The molecule has 152 valence electrons. The fraction of sp³-hybridized carbons (Fsp3) is 0.667. The first kappa shape index (κ1) is 22.0. The maximum Gasteiger partial charge on any atom is 0.408 e. The van der Waals surface area contributed by atoms with Crippen molar-refractivity contribution < 1.29 is 14.6 Å². The van der Waals surface area contributed by atoms with Crippen molar-refractivity contribution in [2.24, 2.45) is 5.92 Å². The molecule has 1 aliphatic rings. The van der Waals surface area contributed by atoms with E-state index in [-0.39, 0.29) is 12.6 Å². The number of ether oxygens (including phenoxy) is 1. The van der Waals surface area contributed by atoms with Gasteiger partial charge < -0.3 is 20.5 Å². The van der Waals surface area contributed by atoms with Crippen LogP contribution in [-0.2, 0) is 4.74 Å². The molecule has 1 aromatic carbocycles. The summed E-state index contributed by atoms with van der Waals surface area (Å²) in [5.74, 6) is 0.340. The average Bonchev–Trinajstić information content (AvgIpc) is 2.59. The van der Waals surface area contributed by atoms with Gasteiger partial charge in [-0.05, 0) is 83.0 Å². The van der Waals surface area contributed by atoms with Crippen molar-refractivity contribution in [1.82, 2.24) is 10.6 Å². The lowest BCUT2D eigenvalue weighted by molar-refractivity contribution is 0.0473. The standard InChI is InChI=1S/C21H33ClN2O3/c1-21(2,3)27-20(26)24-19(16-6-4-7-17(22)14-16)15-8-10-18(11-9-15)23-12-5-13-25/h4,6-7,14-15,18-19,23,25H,5,8-13H2,1-3H3,(H,24,26). The van der Waals surface area contributed by atoms with E-state index < -0.39 is 11.7 Å². The molecule has 27 heavy (non-hydrogen) atoms. The predicted molar refractivity (Wildman–Crippen MR) is 109 cm³/mol. The Morgan fingerprint density at radius 1 is 1.30 bits per heavy atom. The monoisotopic (exact) mass is 396 g/mol. The van der Waals surface area contributed by atoms with E-state index in [1.807, 2.05) is 45.0 Å². The Morgan fingerprint density at radius 3 is 2.59 bits per heavy atom. The minimum absolute atomic E-state index is 0.114. The second-order valence-electron chi connectivity index (χ2n) is 8.32. The highest BCUT2D eigenvalue weighted by Gasteiger charge is 2.31. The van der Waals surface area contributed by atoms with Crippen LogP contribution in [0.3, 0.4) is 0 Å². The van der Waals surface area contributed by atoms with Gasteiger partial charge in [-0.3, -0.25) is 0 Å². The highest BCUT2D eigenvalue weighted by atomic mass is 35.5. The Balaban J connectivity index is 2.03. The summed E-state index contributed by atoms with van der Waals surface area (Å²) in [6.07, 6.45) is 4.54. The molecule has 1 unspecified atom stereocenters. The number of nitrogens with one attached hydrogen (secondary N) is 2. The molecule has 1 aliphatic carbocycles. The first-order chi connectivity index (χ1) is 12.8. The van der Waals surface area contributed by atoms with Gasteiger partial charge in [0.1, 0.15) is 5.60 Å². The van der Waals surface area contributed by atoms with Crippen LogP contribution in [0.1, 0.15) is 64.5 Å². The first-order valence-electron chi connectivity index (χ1n) is 9.87. The van der Waals surface area contributed by atoms with E-state index in [1.54, 1.807) is 0 Å². The van der Waals surface area contributed by atoms with Crippen molar-refractivity contribution in [1.29, 1.82) is 0 Å². The van der Waals surface area contributed by atoms with Gasteiger partial charge in [0, 0.05) is 17.7 Å². The number of aliphatic hydroxyl groups excluding tert-OH is 1. The smallest absolute Gasteiger partial charge is 0.408 e. The van der Waals surface area contributed by atoms with E-state index in [0.717, 1.165) is 44.2 Å². The summed E-state index contributed by atoms with van der Waals surface area (Å²) < 4.78 is 5.48. The zero-order valence-corrected chi connectivity index (χ0v) is 17.4. The molecule has 0 saturated heterocycles. The predicted octanol–water partition coefficient (Wildman–Crippen LogP) is 4.44. The summed E-state index contributed by atoms with van der Waals surface area (Å²) in [5, 5.41) is 16.2. The number of rotatable bonds is 7. The van der Waals surface area contributed by atoms with Gasteiger partial charge >= 0.3 is 6.09 Å². The van der Waals surface area contributed by atoms with Gasteiger partial charge in [0.25, 0.3) is 0 Å². The van der Waals surface area contributed by atoms with Crippen LogP contribution in [0.2, 0.25) is 5.02 Å². The van der Waals surface area contributed by atoms with E-state index in [2.05, 4.69) is 10.6 Å². The normalized spacial score (nSPS) is 21.5. The van der Waals surface area contributed by atoms with Crippen LogP contribution >= 0.6 is 11.6 Å². The Labute approximate surface area is 167 Å². The number of hydrogen-bond acceptors (Lipinski definition) is 4.